The molecule has 0 bridgehead atoms. The highest BCUT2D eigenvalue weighted by Crippen LogP contribution is 2.43. The maximum absolute atomic E-state index is 13.4. The highest BCUT2D eigenvalue weighted by atomic mass is 32.2. The molecule has 2 rings (SSSR count). The molecule has 1 aromatic carbocycles. The molecular weight excluding hydrogens is 492 g/mol. The van der Waals surface area contributed by atoms with Crippen LogP contribution in [0.1, 0.15) is 28.4 Å². The number of anilines is 1. The van der Waals surface area contributed by atoms with Gasteiger partial charge >= 0.3 is 24.2 Å². The molecule has 33 heavy (non-hydrogen) atoms. The van der Waals surface area contributed by atoms with E-state index in [4.69, 9.17) is 0 Å². The molecule has 0 aliphatic rings. The zero-order valence-corrected chi connectivity index (χ0v) is 17.4. The molecule has 2 aromatic rings. The van der Waals surface area contributed by atoms with Crippen LogP contribution in [0.3, 0.4) is 0 Å². The molecule has 0 unspecified atom stereocenters. The van der Waals surface area contributed by atoms with Gasteiger partial charge in [0.15, 0.2) is 9.84 Å². The first-order chi connectivity index (χ1) is 14.8. The zero-order chi connectivity index (χ0) is 25.6. The molecule has 0 fully saturated rings. The van der Waals surface area contributed by atoms with Gasteiger partial charge in [0.2, 0.25) is 0 Å². The summed E-state index contributed by atoms with van der Waals surface area (Å²) in [6, 6.07) is 1.91. The molecular formula is C18H14F8N2O4S. The summed E-state index contributed by atoms with van der Waals surface area (Å²) < 4.78 is 128. The minimum Gasteiger partial charge on any atom is -0.711 e. The fourth-order valence-electron chi connectivity index (χ4n) is 2.66. The normalized spacial score (nSPS) is 13.2. The molecule has 0 atom stereocenters. The Labute approximate surface area is 181 Å². The quantitative estimate of drug-likeness (QED) is 0.348. The van der Waals surface area contributed by atoms with Crippen LogP contribution in [0.2, 0.25) is 0 Å². The smallest absolute Gasteiger partial charge is 0.458 e. The summed E-state index contributed by atoms with van der Waals surface area (Å²) in [6.07, 6.45) is -11.1. The second-order valence-corrected chi connectivity index (χ2v) is 8.90. The van der Waals surface area contributed by atoms with E-state index in [2.05, 4.69) is 0 Å². The van der Waals surface area contributed by atoms with E-state index in [1.54, 1.807) is 0 Å². The van der Waals surface area contributed by atoms with Crippen molar-refractivity contribution in [2.24, 2.45) is 0 Å². The lowest BCUT2D eigenvalue weighted by Gasteiger charge is -2.22. The molecule has 0 aliphatic heterocycles. The van der Waals surface area contributed by atoms with E-state index in [0.29, 0.717) is 23.1 Å². The maximum atomic E-state index is 13.4. The Morgan fingerprint density at radius 1 is 1.00 bits per heavy atom. The summed E-state index contributed by atoms with van der Waals surface area (Å²) >= 11 is 0. The highest BCUT2D eigenvalue weighted by molar-refractivity contribution is 7.91. The van der Waals surface area contributed by atoms with Crippen molar-refractivity contribution in [1.29, 1.82) is 0 Å². The average Bonchev–Trinajstić information content (AvgIpc) is 2.70. The molecule has 0 saturated heterocycles. The van der Waals surface area contributed by atoms with E-state index in [9.17, 15) is 53.5 Å². The van der Waals surface area contributed by atoms with Gasteiger partial charge in [0.1, 0.15) is 6.20 Å². The van der Waals surface area contributed by atoms with Crippen LogP contribution in [0.4, 0.5) is 40.9 Å². The summed E-state index contributed by atoms with van der Waals surface area (Å²) in [6.45, 7) is 1.11. The van der Waals surface area contributed by atoms with Crippen molar-refractivity contribution >= 4 is 21.6 Å². The molecule has 0 spiro atoms. The van der Waals surface area contributed by atoms with Gasteiger partial charge in [-0.2, -0.15) is 40.0 Å². The first-order valence-electron chi connectivity index (χ1n) is 8.75. The Bertz CT molecular complexity index is 1180. The molecule has 6 nitrogen and oxygen atoms in total. The van der Waals surface area contributed by atoms with Gasteiger partial charge < -0.3 is 5.21 Å². The monoisotopic (exact) mass is 506 g/mol. The number of hydrogen-bond acceptors (Lipinski definition) is 4. The average molecular weight is 506 g/mol. The fraction of sp³-hybridized carbons (Fsp3) is 0.333. The number of carbonyl (C=O) groups is 1. The largest absolute Gasteiger partial charge is 0.711 e. The number of alkyl halides is 8. The molecule has 0 saturated carbocycles. The van der Waals surface area contributed by atoms with Gasteiger partial charge in [-0.05, 0) is 24.3 Å². The van der Waals surface area contributed by atoms with Crippen LogP contribution >= 0.6 is 0 Å². The summed E-state index contributed by atoms with van der Waals surface area (Å²) in [5.74, 6) is -8.17. The van der Waals surface area contributed by atoms with E-state index in [-0.39, 0.29) is 18.3 Å². The molecule has 15 heteroatoms. The number of pyridine rings is 1. The fourth-order valence-corrected chi connectivity index (χ4v) is 3.76. The van der Waals surface area contributed by atoms with Crippen molar-refractivity contribution in [3.63, 3.8) is 0 Å². The molecule has 0 N–H and O–H groups in total. The van der Waals surface area contributed by atoms with Crippen molar-refractivity contribution in [3.8, 4) is 0 Å². The number of hydrogen-bond donors (Lipinski definition) is 0. The molecule has 182 valence electrons. The van der Waals surface area contributed by atoms with Crippen molar-refractivity contribution in [3.05, 3.63) is 58.4 Å². The third kappa shape index (κ3) is 5.02. The van der Waals surface area contributed by atoms with Crippen LogP contribution in [0.15, 0.2) is 41.4 Å². The topological polar surface area (TPSA) is 81.4 Å². The maximum Gasteiger partial charge on any atom is 0.458 e. The number of nitrogens with zero attached hydrogens (tertiary/aromatic N) is 2. The van der Waals surface area contributed by atoms with Crippen LogP contribution in [0.5, 0.6) is 0 Å². The van der Waals surface area contributed by atoms with Crippen LogP contribution in [0, 0.1) is 5.21 Å². The van der Waals surface area contributed by atoms with Gasteiger partial charge in [0.25, 0.3) is 5.82 Å². The Hall–Kier alpha value is -2.97. The Kier molecular flexibility index (Phi) is 6.71. The van der Waals surface area contributed by atoms with E-state index < -0.39 is 71.9 Å². The minimum absolute atomic E-state index is 0.122. The number of rotatable bonds is 5. The number of carbonyl (C=O) groups excluding carboxylic acids is 1. The molecule has 0 aliphatic carbocycles. The summed E-state index contributed by atoms with van der Waals surface area (Å²) in [5, 5.41) is 12.1. The third-order valence-electron chi connectivity index (χ3n) is 4.52. The number of sulfone groups is 1. The van der Waals surface area contributed by atoms with Gasteiger partial charge in [-0.3, -0.25) is 0 Å². The van der Waals surface area contributed by atoms with Crippen molar-refractivity contribution in [2.75, 3.05) is 17.7 Å². The number of halogens is 8. The molecule has 1 aromatic heterocycles. The predicted octanol–water partition coefficient (Wildman–Crippen LogP) is 4.06. The van der Waals surface area contributed by atoms with Gasteiger partial charge in [0, 0.05) is 6.07 Å². The molecule has 1 heterocycles. The van der Waals surface area contributed by atoms with Gasteiger partial charge in [-0.15, -0.1) is 0 Å². The van der Waals surface area contributed by atoms with E-state index in [0.717, 1.165) is 14.0 Å². The predicted molar refractivity (Wildman–Crippen MR) is 97.3 cm³/mol. The Morgan fingerprint density at radius 2 is 1.55 bits per heavy atom. The van der Waals surface area contributed by atoms with E-state index in [1.807, 2.05) is 0 Å². The van der Waals surface area contributed by atoms with Crippen LogP contribution in [-0.4, -0.2) is 33.3 Å². The summed E-state index contributed by atoms with van der Waals surface area (Å²) in [7, 11) is -3.53. The number of amides is 1. The SMILES string of the molecule is CCS(=O)(=O)c1cc(C(F)(F)F)ccc1C(=O)N(C)c1ccc(C(F)(F)C(F)(F)F)c[n+]1[O-]. The van der Waals surface area contributed by atoms with Crippen LogP contribution in [0.25, 0.3) is 0 Å². The van der Waals surface area contributed by atoms with Gasteiger partial charge in [0.05, 0.1) is 34.4 Å². The summed E-state index contributed by atoms with van der Waals surface area (Å²) in [5.41, 5.74) is -3.86. The van der Waals surface area contributed by atoms with Crippen LogP contribution in [-0.2, 0) is 21.9 Å². The highest BCUT2D eigenvalue weighted by Gasteiger charge is 2.59. The lowest BCUT2D eigenvalue weighted by molar-refractivity contribution is -0.593. The summed E-state index contributed by atoms with van der Waals surface area (Å²) in [4.78, 5) is 12.2. The zero-order valence-electron chi connectivity index (χ0n) is 16.6. The van der Waals surface area contributed by atoms with Gasteiger partial charge in [-0.1, -0.05) is 6.92 Å². The van der Waals surface area contributed by atoms with Crippen molar-refractivity contribution < 1.29 is 53.1 Å². The van der Waals surface area contributed by atoms with Gasteiger partial charge in [-0.25, -0.2) is 17.9 Å². The lowest BCUT2D eigenvalue weighted by atomic mass is 10.1. The number of aromatic nitrogens is 1. The second kappa shape index (κ2) is 8.43. The van der Waals surface area contributed by atoms with Crippen molar-refractivity contribution in [1.82, 2.24) is 0 Å². The van der Waals surface area contributed by atoms with E-state index in [1.165, 1.54) is 0 Å². The minimum atomic E-state index is -6.01. The Morgan fingerprint density at radius 3 is 2.00 bits per heavy atom. The first-order valence-corrected chi connectivity index (χ1v) is 10.4. The van der Waals surface area contributed by atoms with Crippen molar-refractivity contribution in [2.45, 2.75) is 30.1 Å². The standard InChI is InChI=1S/C18H14F8N2O4S/c1-3-33(31,32)13-8-10(17(21,22)23)4-6-12(13)15(29)27(2)14-7-5-11(9-28(14)30)16(19,20)18(24,25)26/h4-9H,3H2,1-2H3. The molecule has 0 radical (unpaired) electrons. The third-order valence-corrected chi connectivity index (χ3v) is 6.28. The Balaban J connectivity index is 2.57. The first kappa shape index (κ1) is 26.3. The van der Waals surface area contributed by atoms with Crippen LogP contribution < -0.4 is 9.63 Å². The van der Waals surface area contributed by atoms with E-state index >= 15 is 0 Å². The lowest BCUT2D eigenvalue weighted by Crippen LogP contribution is -2.42. The second-order valence-electron chi connectivity index (χ2n) is 6.65. The molecule has 1 amide bonds. The number of benzene rings is 1.